The molecule has 0 aliphatic carbocycles. The number of ether oxygens (including phenoxy) is 2. The Kier molecular flexibility index (Phi) is 7.27. The van der Waals surface area contributed by atoms with Crippen molar-refractivity contribution < 1.29 is 14.3 Å². The SMILES string of the molecule is Cn1cc(-c2nc(C(=N)O/C(N)=N/C3N=C(c4ccccc4)c4ccccc4NC3=O)c(N3CCOCC3)s2)cn1. The van der Waals surface area contributed by atoms with Crippen molar-refractivity contribution >= 4 is 45.6 Å². The van der Waals surface area contributed by atoms with Crippen LogP contribution in [-0.4, -0.2) is 70.8 Å². The van der Waals surface area contributed by atoms with Crippen molar-refractivity contribution in [2.24, 2.45) is 22.8 Å². The molecular formula is C28H27N9O3S. The number of aromatic nitrogens is 3. The summed E-state index contributed by atoms with van der Waals surface area (Å²) < 4.78 is 12.9. The minimum absolute atomic E-state index is 0.288. The summed E-state index contributed by atoms with van der Waals surface area (Å²) in [4.78, 5) is 28.9. The average Bonchev–Trinajstić information content (AvgIpc) is 3.60. The van der Waals surface area contributed by atoms with Crippen molar-refractivity contribution in [2.45, 2.75) is 6.17 Å². The normalized spacial score (nSPS) is 17.3. The number of morpholine rings is 1. The van der Waals surface area contributed by atoms with Crippen LogP contribution in [0.15, 0.2) is 77.0 Å². The Balaban J connectivity index is 1.31. The van der Waals surface area contributed by atoms with Gasteiger partial charge in [-0.15, -0.1) is 0 Å². The van der Waals surface area contributed by atoms with Gasteiger partial charge in [-0.2, -0.15) is 10.1 Å². The van der Waals surface area contributed by atoms with E-state index in [0.29, 0.717) is 48.4 Å². The molecule has 0 radical (unpaired) electrons. The van der Waals surface area contributed by atoms with Crippen molar-refractivity contribution in [1.29, 1.82) is 5.41 Å². The third kappa shape index (κ3) is 5.58. The molecule has 2 aliphatic rings. The maximum absolute atomic E-state index is 13.1. The van der Waals surface area contributed by atoms with Gasteiger partial charge in [0.15, 0.2) is 5.69 Å². The first-order chi connectivity index (χ1) is 20.0. The number of hydrogen-bond acceptors (Lipinski definition) is 10. The van der Waals surface area contributed by atoms with Crippen molar-refractivity contribution in [3.05, 3.63) is 83.8 Å². The largest absolute Gasteiger partial charge is 0.405 e. The number of amides is 1. The maximum Gasteiger partial charge on any atom is 0.291 e. The number of para-hydroxylation sites is 1. The first kappa shape index (κ1) is 26.3. The monoisotopic (exact) mass is 569 g/mol. The molecule has 1 fully saturated rings. The second kappa shape index (κ2) is 11.3. The van der Waals surface area contributed by atoms with Gasteiger partial charge in [-0.1, -0.05) is 59.9 Å². The lowest BCUT2D eigenvalue weighted by atomic mass is 10.0. The molecule has 4 aromatic rings. The molecule has 0 saturated carbocycles. The van der Waals surface area contributed by atoms with Gasteiger partial charge in [0.2, 0.25) is 12.1 Å². The molecule has 0 spiro atoms. The van der Waals surface area contributed by atoms with Gasteiger partial charge in [0.25, 0.3) is 11.9 Å². The van der Waals surface area contributed by atoms with Gasteiger partial charge in [-0.3, -0.25) is 14.9 Å². The van der Waals surface area contributed by atoms with Gasteiger partial charge < -0.3 is 25.4 Å². The van der Waals surface area contributed by atoms with Crippen molar-refractivity contribution in [1.82, 2.24) is 14.8 Å². The van der Waals surface area contributed by atoms with Crippen LogP contribution >= 0.6 is 11.3 Å². The summed E-state index contributed by atoms with van der Waals surface area (Å²) in [6.07, 6.45) is 2.35. The van der Waals surface area contributed by atoms with Gasteiger partial charge in [0.05, 0.1) is 30.8 Å². The molecule has 4 heterocycles. The summed E-state index contributed by atoms with van der Waals surface area (Å²) in [7, 11) is 1.83. The van der Waals surface area contributed by atoms with Crippen LogP contribution in [0.3, 0.4) is 0 Å². The topological polar surface area (TPSA) is 156 Å². The van der Waals surface area contributed by atoms with E-state index in [2.05, 4.69) is 25.3 Å². The molecule has 6 rings (SSSR count). The highest BCUT2D eigenvalue weighted by molar-refractivity contribution is 7.19. The van der Waals surface area contributed by atoms with Crippen LogP contribution in [0.1, 0.15) is 16.8 Å². The number of nitrogens with two attached hydrogens (primary N) is 1. The number of fused-ring (bicyclic) bond motifs is 1. The molecule has 1 atom stereocenters. The molecule has 41 heavy (non-hydrogen) atoms. The molecule has 12 nitrogen and oxygen atoms in total. The van der Waals surface area contributed by atoms with Gasteiger partial charge in [0.1, 0.15) is 10.0 Å². The van der Waals surface area contributed by atoms with Crippen LogP contribution in [0, 0.1) is 5.41 Å². The molecule has 1 amide bonds. The maximum atomic E-state index is 13.1. The summed E-state index contributed by atoms with van der Waals surface area (Å²) in [5.74, 6) is -0.758. The molecule has 1 saturated heterocycles. The average molecular weight is 570 g/mol. The number of thiazole rings is 1. The van der Waals surface area contributed by atoms with Crippen molar-refractivity contribution in [3.8, 4) is 10.6 Å². The summed E-state index contributed by atoms with van der Waals surface area (Å²) in [5.41, 5.74) is 10.1. The predicted octanol–water partition coefficient (Wildman–Crippen LogP) is 2.85. The van der Waals surface area contributed by atoms with E-state index >= 15 is 0 Å². The van der Waals surface area contributed by atoms with Gasteiger partial charge in [0, 0.05) is 43.0 Å². The highest BCUT2D eigenvalue weighted by atomic mass is 32.1. The van der Waals surface area contributed by atoms with Gasteiger partial charge in [-0.25, -0.2) is 9.98 Å². The van der Waals surface area contributed by atoms with Crippen LogP contribution < -0.4 is 16.0 Å². The van der Waals surface area contributed by atoms with Crippen molar-refractivity contribution in [2.75, 3.05) is 36.5 Å². The fraction of sp³-hybridized carbons (Fsp3) is 0.214. The summed E-state index contributed by atoms with van der Waals surface area (Å²) in [6.45, 7) is 2.44. The number of nitrogens with one attached hydrogen (secondary N) is 2. The molecule has 2 aromatic heterocycles. The minimum atomic E-state index is -1.23. The van der Waals surface area contributed by atoms with E-state index < -0.39 is 12.1 Å². The van der Waals surface area contributed by atoms with E-state index in [1.54, 1.807) is 10.9 Å². The van der Waals surface area contributed by atoms with Crippen LogP contribution in [0.2, 0.25) is 0 Å². The first-order valence-corrected chi connectivity index (χ1v) is 13.7. The number of rotatable bonds is 5. The molecule has 4 N–H and O–H groups in total. The zero-order chi connectivity index (χ0) is 28.3. The van der Waals surface area contributed by atoms with E-state index in [1.165, 1.54) is 11.3 Å². The Hall–Kier alpha value is -4.88. The smallest absolute Gasteiger partial charge is 0.291 e. The minimum Gasteiger partial charge on any atom is -0.405 e. The quantitative estimate of drug-likeness (QED) is 0.246. The number of benzodiazepines with no additional fused rings is 1. The fourth-order valence-corrected chi connectivity index (χ4v) is 5.65. The summed E-state index contributed by atoms with van der Waals surface area (Å²) >= 11 is 1.44. The lowest BCUT2D eigenvalue weighted by Crippen LogP contribution is -2.37. The Morgan fingerprint density at radius 2 is 1.90 bits per heavy atom. The van der Waals surface area contributed by atoms with Crippen molar-refractivity contribution in [3.63, 3.8) is 0 Å². The van der Waals surface area contributed by atoms with E-state index in [9.17, 15) is 4.79 Å². The number of nitrogens with zero attached hydrogens (tertiary/aromatic N) is 6. The first-order valence-electron chi connectivity index (χ1n) is 12.9. The lowest BCUT2D eigenvalue weighted by Gasteiger charge is -2.27. The third-order valence-corrected chi connectivity index (χ3v) is 7.67. The highest BCUT2D eigenvalue weighted by Crippen LogP contribution is 2.35. The van der Waals surface area contributed by atoms with E-state index in [-0.39, 0.29) is 11.9 Å². The van der Waals surface area contributed by atoms with Crippen LogP contribution in [0.4, 0.5) is 10.7 Å². The predicted molar refractivity (Wildman–Crippen MR) is 158 cm³/mol. The number of aryl methyl sites for hydroxylation is 1. The highest BCUT2D eigenvalue weighted by Gasteiger charge is 2.28. The van der Waals surface area contributed by atoms with Gasteiger partial charge >= 0.3 is 0 Å². The summed E-state index contributed by atoms with van der Waals surface area (Å²) in [5, 5.41) is 17.3. The molecule has 2 aliphatic heterocycles. The number of carbonyl (C=O) groups excluding carboxylic acids is 1. The number of amidine groups is 1. The molecular weight excluding hydrogens is 542 g/mol. The number of benzene rings is 2. The Morgan fingerprint density at radius 1 is 1.15 bits per heavy atom. The van der Waals surface area contributed by atoms with Gasteiger partial charge in [-0.05, 0) is 6.07 Å². The molecule has 13 heteroatoms. The van der Waals surface area contributed by atoms with Crippen LogP contribution in [-0.2, 0) is 21.3 Å². The lowest BCUT2D eigenvalue weighted by molar-refractivity contribution is -0.117. The third-order valence-electron chi connectivity index (χ3n) is 6.50. The van der Waals surface area contributed by atoms with Crippen LogP contribution in [0.5, 0.6) is 0 Å². The van der Waals surface area contributed by atoms with E-state index in [1.807, 2.05) is 67.8 Å². The molecule has 208 valence electrons. The second-order valence-electron chi connectivity index (χ2n) is 9.33. The molecule has 2 aromatic carbocycles. The fourth-order valence-electron chi connectivity index (χ4n) is 4.56. The zero-order valence-electron chi connectivity index (χ0n) is 22.2. The Bertz CT molecular complexity index is 1650. The molecule has 1 unspecified atom stereocenters. The Labute approximate surface area is 239 Å². The molecule has 0 bridgehead atoms. The summed E-state index contributed by atoms with van der Waals surface area (Å²) in [6, 6.07) is 16.6. The standard InChI is InChI=1S/C28H27N9O3S/c1-36-16-18(15-31-36)26-34-22(27(41-26)37-11-13-39-14-12-37)23(29)40-28(30)35-24-25(38)32-20-10-6-5-9-19(20)21(33-24)17-7-3-2-4-8-17/h2-10,15-16,24,29H,11-14H2,1H3,(H2,30,35)(H,32,38). The number of carbonyl (C=O) groups is 1. The van der Waals surface area contributed by atoms with E-state index in [4.69, 9.17) is 25.6 Å². The van der Waals surface area contributed by atoms with E-state index in [0.717, 1.165) is 21.7 Å². The second-order valence-corrected chi connectivity index (χ2v) is 10.3. The Morgan fingerprint density at radius 3 is 2.66 bits per heavy atom. The zero-order valence-corrected chi connectivity index (χ0v) is 23.0. The number of aliphatic imine (C=N–C) groups is 2. The number of hydrogen-bond donors (Lipinski definition) is 3. The van der Waals surface area contributed by atoms with Crippen LogP contribution in [0.25, 0.3) is 10.6 Å². The number of anilines is 2.